The molecule has 0 unspecified atom stereocenters. The summed E-state index contributed by atoms with van der Waals surface area (Å²) in [7, 11) is 1.86. The van der Waals surface area contributed by atoms with Crippen LogP contribution >= 0.6 is 0 Å². The van der Waals surface area contributed by atoms with Crippen LogP contribution in [-0.4, -0.2) is 40.0 Å². The van der Waals surface area contributed by atoms with Crippen LogP contribution in [0.15, 0.2) is 55.0 Å². The summed E-state index contributed by atoms with van der Waals surface area (Å²) in [6, 6.07) is 9.23. The molecule has 0 spiro atoms. The number of anilines is 1. The molecule has 2 aromatic heterocycles. The molecular formula is C23H24F3N5. The van der Waals surface area contributed by atoms with Crippen molar-refractivity contribution < 1.29 is 13.2 Å². The molecule has 0 bridgehead atoms. The molecule has 31 heavy (non-hydrogen) atoms. The molecule has 1 N–H and O–H groups in total. The van der Waals surface area contributed by atoms with Gasteiger partial charge in [-0.3, -0.25) is 9.88 Å². The van der Waals surface area contributed by atoms with E-state index in [1.54, 1.807) is 18.5 Å². The molecular weight excluding hydrogens is 403 g/mol. The summed E-state index contributed by atoms with van der Waals surface area (Å²) >= 11 is 0. The van der Waals surface area contributed by atoms with Gasteiger partial charge >= 0.3 is 6.18 Å². The Bertz CT molecular complexity index is 1040. The van der Waals surface area contributed by atoms with E-state index < -0.39 is 11.7 Å². The molecule has 1 aromatic carbocycles. The Labute approximate surface area is 179 Å². The summed E-state index contributed by atoms with van der Waals surface area (Å²) in [5.41, 5.74) is 2.16. The van der Waals surface area contributed by atoms with Crippen molar-refractivity contribution >= 4 is 5.82 Å². The molecule has 0 saturated carbocycles. The molecule has 1 aliphatic rings. The molecule has 5 nitrogen and oxygen atoms in total. The minimum absolute atomic E-state index is 0.182. The number of nitrogens with zero attached hydrogens (tertiary/aromatic N) is 4. The van der Waals surface area contributed by atoms with Gasteiger partial charge in [-0.1, -0.05) is 18.2 Å². The standard InChI is InChI=1S/C23H24F3N5/c1-27-22-18(6-3-9-29-22)15-31-10-4-7-17(14-31)21-13-28-12-20(30-21)16-5-2-8-19(11-16)23(24,25)26/h2-3,5-6,8-9,11-13,17H,4,7,10,14-15H2,1H3,(H,27,29)/t17-/m1/s1. The lowest BCUT2D eigenvalue weighted by atomic mass is 9.94. The van der Waals surface area contributed by atoms with Crippen LogP contribution in [0.3, 0.4) is 0 Å². The fourth-order valence-electron chi connectivity index (χ4n) is 4.04. The number of likely N-dealkylation sites (tertiary alicyclic amines) is 1. The Morgan fingerprint density at radius 2 is 2.03 bits per heavy atom. The van der Waals surface area contributed by atoms with Gasteiger partial charge in [-0.2, -0.15) is 13.2 Å². The Morgan fingerprint density at radius 3 is 2.84 bits per heavy atom. The quantitative estimate of drug-likeness (QED) is 0.623. The Hall–Kier alpha value is -3.00. The van der Waals surface area contributed by atoms with Gasteiger partial charge in [0.25, 0.3) is 0 Å². The zero-order chi connectivity index (χ0) is 21.8. The van der Waals surface area contributed by atoms with E-state index >= 15 is 0 Å². The second-order valence-electron chi connectivity index (χ2n) is 7.74. The highest BCUT2D eigenvalue weighted by Crippen LogP contribution is 2.32. The Kier molecular flexibility index (Phi) is 6.18. The van der Waals surface area contributed by atoms with Crippen LogP contribution in [0.2, 0.25) is 0 Å². The van der Waals surface area contributed by atoms with Crippen LogP contribution in [0, 0.1) is 0 Å². The van der Waals surface area contributed by atoms with E-state index in [-0.39, 0.29) is 5.92 Å². The fourth-order valence-corrected chi connectivity index (χ4v) is 4.04. The van der Waals surface area contributed by atoms with E-state index in [1.807, 2.05) is 13.1 Å². The largest absolute Gasteiger partial charge is 0.416 e. The van der Waals surface area contributed by atoms with Crippen LogP contribution < -0.4 is 5.32 Å². The Balaban J connectivity index is 1.52. The molecule has 4 rings (SSSR count). The maximum absolute atomic E-state index is 13.1. The van der Waals surface area contributed by atoms with Crippen LogP contribution in [0.25, 0.3) is 11.3 Å². The first-order valence-electron chi connectivity index (χ1n) is 10.3. The Morgan fingerprint density at radius 1 is 1.16 bits per heavy atom. The molecule has 8 heteroatoms. The fraction of sp³-hybridized carbons (Fsp3) is 0.348. The maximum atomic E-state index is 13.1. The molecule has 0 aliphatic carbocycles. The highest BCUT2D eigenvalue weighted by atomic mass is 19.4. The molecule has 0 amide bonds. The van der Waals surface area contributed by atoms with Crippen LogP contribution in [-0.2, 0) is 12.7 Å². The van der Waals surface area contributed by atoms with E-state index in [0.717, 1.165) is 61.7 Å². The minimum Gasteiger partial charge on any atom is -0.373 e. The van der Waals surface area contributed by atoms with Gasteiger partial charge in [-0.25, -0.2) is 9.97 Å². The SMILES string of the molecule is CNc1ncccc1CN1CCC[C@@H](c2cncc(-c3cccc(C(F)(F)F)c3)n2)C1. The lowest BCUT2D eigenvalue weighted by Crippen LogP contribution is -2.34. The van der Waals surface area contributed by atoms with E-state index in [9.17, 15) is 13.2 Å². The summed E-state index contributed by atoms with van der Waals surface area (Å²) in [5, 5.41) is 3.13. The highest BCUT2D eigenvalue weighted by molar-refractivity contribution is 5.59. The van der Waals surface area contributed by atoms with Crippen LogP contribution in [0.5, 0.6) is 0 Å². The zero-order valence-corrected chi connectivity index (χ0v) is 17.2. The predicted molar refractivity (Wildman–Crippen MR) is 114 cm³/mol. The van der Waals surface area contributed by atoms with E-state index in [1.165, 1.54) is 12.3 Å². The monoisotopic (exact) mass is 427 g/mol. The molecule has 0 radical (unpaired) electrons. The van der Waals surface area contributed by atoms with E-state index in [0.29, 0.717) is 11.3 Å². The number of benzene rings is 1. The second kappa shape index (κ2) is 9.01. The number of hydrogen-bond donors (Lipinski definition) is 1. The molecule has 1 atom stereocenters. The predicted octanol–water partition coefficient (Wildman–Crippen LogP) is 4.98. The van der Waals surface area contributed by atoms with Crippen molar-refractivity contribution in [2.75, 3.05) is 25.5 Å². The van der Waals surface area contributed by atoms with Crippen molar-refractivity contribution in [3.05, 3.63) is 71.8 Å². The molecule has 1 saturated heterocycles. The van der Waals surface area contributed by atoms with Gasteiger partial charge in [0, 0.05) is 49.6 Å². The van der Waals surface area contributed by atoms with E-state index in [4.69, 9.17) is 0 Å². The summed E-state index contributed by atoms with van der Waals surface area (Å²) in [6.45, 7) is 2.58. The second-order valence-corrected chi connectivity index (χ2v) is 7.74. The summed E-state index contributed by atoms with van der Waals surface area (Å²) in [6.07, 6.45) is 2.63. The number of nitrogens with one attached hydrogen (secondary N) is 1. The third kappa shape index (κ3) is 5.02. The average molecular weight is 427 g/mol. The van der Waals surface area contributed by atoms with Crippen molar-refractivity contribution in [2.24, 2.45) is 0 Å². The van der Waals surface area contributed by atoms with Gasteiger partial charge in [0.05, 0.1) is 23.1 Å². The summed E-state index contributed by atoms with van der Waals surface area (Å²) < 4.78 is 39.2. The van der Waals surface area contributed by atoms with Crippen LogP contribution in [0.4, 0.5) is 19.0 Å². The van der Waals surface area contributed by atoms with Crippen molar-refractivity contribution in [3.8, 4) is 11.3 Å². The number of pyridine rings is 1. The zero-order valence-electron chi connectivity index (χ0n) is 17.2. The normalized spacial score (nSPS) is 17.5. The highest BCUT2D eigenvalue weighted by Gasteiger charge is 2.30. The lowest BCUT2D eigenvalue weighted by molar-refractivity contribution is -0.137. The van der Waals surface area contributed by atoms with Gasteiger partial charge in [0.15, 0.2) is 0 Å². The molecule has 3 heterocycles. The lowest BCUT2D eigenvalue weighted by Gasteiger charge is -2.32. The number of hydrogen-bond acceptors (Lipinski definition) is 5. The first-order chi connectivity index (χ1) is 14.9. The number of piperidine rings is 1. The smallest absolute Gasteiger partial charge is 0.373 e. The molecule has 1 aliphatic heterocycles. The average Bonchev–Trinajstić information content (AvgIpc) is 2.79. The third-order valence-electron chi connectivity index (χ3n) is 5.58. The molecule has 162 valence electrons. The first kappa shape index (κ1) is 21.2. The van der Waals surface area contributed by atoms with Crippen molar-refractivity contribution in [2.45, 2.75) is 31.5 Å². The summed E-state index contributed by atoms with van der Waals surface area (Å²) in [5.74, 6) is 1.05. The topological polar surface area (TPSA) is 53.9 Å². The first-order valence-corrected chi connectivity index (χ1v) is 10.3. The van der Waals surface area contributed by atoms with Crippen molar-refractivity contribution in [3.63, 3.8) is 0 Å². The van der Waals surface area contributed by atoms with Gasteiger partial charge in [0.1, 0.15) is 5.82 Å². The van der Waals surface area contributed by atoms with Gasteiger partial charge in [-0.05, 0) is 37.6 Å². The van der Waals surface area contributed by atoms with Crippen molar-refractivity contribution in [1.82, 2.24) is 19.9 Å². The maximum Gasteiger partial charge on any atom is 0.416 e. The third-order valence-corrected chi connectivity index (χ3v) is 5.58. The molecule has 1 fully saturated rings. The van der Waals surface area contributed by atoms with E-state index in [2.05, 4.69) is 31.2 Å². The number of alkyl halides is 3. The minimum atomic E-state index is -4.39. The van der Waals surface area contributed by atoms with Gasteiger partial charge < -0.3 is 5.32 Å². The molecule has 3 aromatic rings. The number of rotatable bonds is 5. The number of halogens is 3. The van der Waals surface area contributed by atoms with Gasteiger partial charge in [0.2, 0.25) is 0 Å². The number of aromatic nitrogens is 3. The summed E-state index contributed by atoms with van der Waals surface area (Å²) in [4.78, 5) is 15.7. The van der Waals surface area contributed by atoms with Crippen molar-refractivity contribution in [1.29, 1.82) is 0 Å². The van der Waals surface area contributed by atoms with Gasteiger partial charge in [-0.15, -0.1) is 0 Å². The van der Waals surface area contributed by atoms with Crippen LogP contribution in [0.1, 0.15) is 35.6 Å².